The molecule has 8 heteroatoms. The van der Waals surface area contributed by atoms with E-state index in [1.807, 2.05) is 0 Å². The standard InChI is InChI=1S/C21H17FN2O5/c22-15-6-8-16(9-7-15)24-19(26)12-17(21(24)29)23(18(25)10-11-20(27)28)13-14-4-2-1-3-5-14/h1-11,17H,12-13H2,(H,27,28)/b11-10+/t17-/m1/s1. The number of aliphatic carboxylic acids is 1. The van der Waals surface area contributed by atoms with Crippen LogP contribution in [0.25, 0.3) is 0 Å². The van der Waals surface area contributed by atoms with Crippen molar-refractivity contribution in [3.8, 4) is 0 Å². The number of imide groups is 1. The number of carbonyl (C=O) groups is 4. The van der Waals surface area contributed by atoms with E-state index in [9.17, 15) is 23.6 Å². The Labute approximate surface area is 165 Å². The zero-order chi connectivity index (χ0) is 21.0. The molecule has 0 bridgehead atoms. The summed E-state index contributed by atoms with van der Waals surface area (Å²) in [5, 5.41) is 8.79. The van der Waals surface area contributed by atoms with Gasteiger partial charge in [0.25, 0.3) is 5.91 Å². The number of carboxylic acid groups (broad SMARTS) is 1. The van der Waals surface area contributed by atoms with Gasteiger partial charge in [-0.3, -0.25) is 14.4 Å². The molecule has 29 heavy (non-hydrogen) atoms. The highest BCUT2D eigenvalue weighted by Gasteiger charge is 2.44. The SMILES string of the molecule is O=C(O)/C=C/C(=O)N(Cc1ccccc1)[C@@H]1CC(=O)N(c2ccc(F)cc2)C1=O. The van der Waals surface area contributed by atoms with Crippen molar-refractivity contribution < 1.29 is 28.7 Å². The van der Waals surface area contributed by atoms with Gasteiger partial charge >= 0.3 is 5.97 Å². The van der Waals surface area contributed by atoms with Crippen molar-refractivity contribution in [2.45, 2.75) is 19.0 Å². The average molecular weight is 396 g/mol. The van der Waals surface area contributed by atoms with Crippen LogP contribution in [0, 0.1) is 5.82 Å². The summed E-state index contributed by atoms with van der Waals surface area (Å²) in [6, 6.07) is 12.6. The number of halogens is 1. The van der Waals surface area contributed by atoms with Crippen LogP contribution < -0.4 is 4.90 Å². The predicted molar refractivity (Wildman–Crippen MR) is 101 cm³/mol. The highest BCUT2D eigenvalue weighted by Crippen LogP contribution is 2.27. The van der Waals surface area contributed by atoms with Gasteiger partial charge in [0.15, 0.2) is 0 Å². The number of hydrogen-bond acceptors (Lipinski definition) is 4. The highest BCUT2D eigenvalue weighted by molar-refractivity contribution is 6.23. The van der Waals surface area contributed by atoms with Crippen molar-refractivity contribution in [3.05, 3.63) is 78.1 Å². The second kappa shape index (κ2) is 8.47. The van der Waals surface area contributed by atoms with E-state index in [1.165, 1.54) is 17.0 Å². The molecular weight excluding hydrogens is 379 g/mol. The minimum Gasteiger partial charge on any atom is -0.478 e. The maximum atomic E-state index is 13.2. The fraction of sp³-hybridized carbons (Fsp3) is 0.143. The Morgan fingerprint density at radius 1 is 1.07 bits per heavy atom. The molecule has 7 nitrogen and oxygen atoms in total. The van der Waals surface area contributed by atoms with E-state index in [4.69, 9.17) is 5.11 Å². The van der Waals surface area contributed by atoms with Crippen LogP contribution in [-0.2, 0) is 25.7 Å². The lowest BCUT2D eigenvalue weighted by Gasteiger charge is -2.26. The molecule has 148 valence electrons. The van der Waals surface area contributed by atoms with Gasteiger partial charge in [-0.15, -0.1) is 0 Å². The molecule has 0 saturated carbocycles. The Morgan fingerprint density at radius 3 is 2.34 bits per heavy atom. The maximum Gasteiger partial charge on any atom is 0.328 e. The van der Waals surface area contributed by atoms with E-state index in [-0.39, 0.29) is 18.7 Å². The first-order chi connectivity index (χ1) is 13.9. The molecule has 3 amide bonds. The fourth-order valence-corrected chi connectivity index (χ4v) is 3.08. The topological polar surface area (TPSA) is 95.0 Å². The lowest BCUT2D eigenvalue weighted by molar-refractivity contribution is -0.135. The number of carbonyl (C=O) groups excluding carboxylic acids is 3. The van der Waals surface area contributed by atoms with Gasteiger partial charge in [0.1, 0.15) is 11.9 Å². The van der Waals surface area contributed by atoms with Crippen molar-refractivity contribution in [3.63, 3.8) is 0 Å². The number of hydrogen-bond donors (Lipinski definition) is 1. The molecule has 0 spiro atoms. The molecule has 0 aliphatic carbocycles. The monoisotopic (exact) mass is 396 g/mol. The highest BCUT2D eigenvalue weighted by atomic mass is 19.1. The molecule has 1 atom stereocenters. The Hall–Kier alpha value is -3.81. The van der Waals surface area contributed by atoms with E-state index in [1.54, 1.807) is 30.3 Å². The van der Waals surface area contributed by atoms with E-state index < -0.39 is 35.5 Å². The minimum absolute atomic E-state index is 0.0184. The lowest BCUT2D eigenvalue weighted by Crippen LogP contribution is -2.44. The van der Waals surface area contributed by atoms with Crippen molar-refractivity contribution in [1.29, 1.82) is 0 Å². The number of rotatable bonds is 6. The maximum absolute atomic E-state index is 13.2. The predicted octanol–water partition coefficient (Wildman–Crippen LogP) is 2.13. The van der Waals surface area contributed by atoms with Gasteiger partial charge in [-0.2, -0.15) is 0 Å². The number of nitrogens with zero attached hydrogens (tertiary/aromatic N) is 2. The molecule has 3 rings (SSSR count). The number of carboxylic acids is 1. The second-order valence-electron chi connectivity index (χ2n) is 6.39. The summed E-state index contributed by atoms with van der Waals surface area (Å²) in [7, 11) is 0. The third-order valence-electron chi connectivity index (χ3n) is 4.43. The number of anilines is 1. The first-order valence-electron chi connectivity index (χ1n) is 8.74. The summed E-state index contributed by atoms with van der Waals surface area (Å²) in [5.74, 6) is -3.68. The van der Waals surface area contributed by atoms with Crippen molar-refractivity contribution in [2.24, 2.45) is 0 Å². The average Bonchev–Trinajstić information content (AvgIpc) is 2.99. The summed E-state index contributed by atoms with van der Waals surface area (Å²) in [5.41, 5.74) is 0.919. The molecule has 1 N–H and O–H groups in total. The van der Waals surface area contributed by atoms with Gasteiger partial charge in [-0.1, -0.05) is 30.3 Å². The minimum atomic E-state index is -1.31. The van der Waals surface area contributed by atoms with Crippen molar-refractivity contribution in [1.82, 2.24) is 4.90 Å². The zero-order valence-electron chi connectivity index (χ0n) is 15.2. The Kier molecular flexibility index (Phi) is 5.82. The summed E-state index contributed by atoms with van der Waals surface area (Å²) in [6.07, 6.45) is 1.28. The molecule has 2 aromatic carbocycles. The fourth-order valence-electron chi connectivity index (χ4n) is 3.08. The normalized spacial score (nSPS) is 16.4. The second-order valence-corrected chi connectivity index (χ2v) is 6.39. The van der Waals surface area contributed by atoms with Crippen LogP contribution >= 0.6 is 0 Å². The first-order valence-corrected chi connectivity index (χ1v) is 8.74. The molecule has 0 unspecified atom stereocenters. The van der Waals surface area contributed by atoms with Gasteiger partial charge in [0.2, 0.25) is 11.8 Å². The Morgan fingerprint density at radius 2 is 1.72 bits per heavy atom. The smallest absolute Gasteiger partial charge is 0.328 e. The third kappa shape index (κ3) is 4.55. The molecule has 2 aromatic rings. The van der Waals surface area contributed by atoms with E-state index in [0.29, 0.717) is 11.6 Å². The molecule has 1 aliphatic rings. The molecular formula is C21H17FN2O5. The van der Waals surface area contributed by atoms with Crippen LogP contribution in [0.1, 0.15) is 12.0 Å². The number of benzene rings is 2. The number of amides is 3. The van der Waals surface area contributed by atoms with Gasteiger partial charge < -0.3 is 10.0 Å². The third-order valence-corrected chi connectivity index (χ3v) is 4.43. The Balaban J connectivity index is 1.91. The van der Waals surface area contributed by atoms with Gasteiger partial charge in [0, 0.05) is 18.7 Å². The van der Waals surface area contributed by atoms with E-state index in [0.717, 1.165) is 23.1 Å². The summed E-state index contributed by atoms with van der Waals surface area (Å²) >= 11 is 0. The molecule has 0 aromatic heterocycles. The van der Waals surface area contributed by atoms with Crippen molar-refractivity contribution in [2.75, 3.05) is 4.90 Å². The summed E-state index contributed by atoms with van der Waals surface area (Å²) < 4.78 is 13.2. The van der Waals surface area contributed by atoms with Crippen molar-refractivity contribution >= 4 is 29.4 Å². The quantitative estimate of drug-likeness (QED) is 0.596. The van der Waals surface area contributed by atoms with Crippen LogP contribution in [0.15, 0.2) is 66.7 Å². The van der Waals surface area contributed by atoms with Gasteiger partial charge in [-0.05, 0) is 29.8 Å². The van der Waals surface area contributed by atoms with Crippen LogP contribution in [0.3, 0.4) is 0 Å². The molecule has 1 heterocycles. The molecule has 1 saturated heterocycles. The molecule has 1 fully saturated rings. The van der Waals surface area contributed by atoms with E-state index in [2.05, 4.69) is 0 Å². The van der Waals surface area contributed by atoms with Crippen LogP contribution in [0.2, 0.25) is 0 Å². The molecule has 1 aliphatic heterocycles. The largest absolute Gasteiger partial charge is 0.478 e. The summed E-state index contributed by atoms with van der Waals surface area (Å²) in [6.45, 7) is 0.0184. The Bertz CT molecular complexity index is 972. The van der Waals surface area contributed by atoms with E-state index >= 15 is 0 Å². The van der Waals surface area contributed by atoms with Crippen LogP contribution in [0.5, 0.6) is 0 Å². The zero-order valence-corrected chi connectivity index (χ0v) is 15.2. The summed E-state index contributed by atoms with van der Waals surface area (Å²) in [4.78, 5) is 50.9. The lowest BCUT2D eigenvalue weighted by atomic mass is 10.1. The van der Waals surface area contributed by atoms with Crippen LogP contribution in [0.4, 0.5) is 10.1 Å². The first kappa shape index (κ1) is 19.9. The van der Waals surface area contributed by atoms with Crippen LogP contribution in [-0.4, -0.2) is 39.7 Å². The molecule has 0 radical (unpaired) electrons. The van der Waals surface area contributed by atoms with Gasteiger partial charge in [-0.25, -0.2) is 14.1 Å². The van der Waals surface area contributed by atoms with Gasteiger partial charge in [0.05, 0.1) is 12.1 Å².